The van der Waals surface area contributed by atoms with Gasteiger partial charge in [-0.2, -0.15) is 0 Å². The van der Waals surface area contributed by atoms with Crippen LogP contribution in [-0.2, 0) is 9.59 Å². The molecule has 0 bridgehead atoms. The van der Waals surface area contributed by atoms with Crippen molar-refractivity contribution in [1.29, 1.82) is 0 Å². The van der Waals surface area contributed by atoms with E-state index < -0.39 is 5.24 Å². The fourth-order valence-corrected chi connectivity index (χ4v) is 2.19. The highest BCUT2D eigenvalue weighted by Gasteiger charge is 2.34. The number of carbonyl (C=O) groups excluding carboxylic acids is 2. The zero-order valence-electron chi connectivity index (χ0n) is 10.4. The van der Waals surface area contributed by atoms with Crippen LogP contribution in [0.15, 0.2) is 24.3 Å². The molecule has 0 spiro atoms. The zero-order valence-corrected chi connectivity index (χ0v) is 11.1. The molecule has 0 saturated carbocycles. The van der Waals surface area contributed by atoms with Crippen molar-refractivity contribution < 1.29 is 9.59 Å². The number of hydrogen-bond donors (Lipinski definition) is 0. The SMILES string of the molecule is CN(C)c1ccc(N2C[C@H](C(=O)Cl)CC2=O)cc1. The first-order chi connectivity index (χ1) is 8.49. The summed E-state index contributed by atoms with van der Waals surface area (Å²) >= 11 is 5.44. The van der Waals surface area contributed by atoms with Crippen molar-refractivity contribution in [2.75, 3.05) is 30.4 Å². The number of amides is 1. The second kappa shape index (κ2) is 4.98. The van der Waals surface area contributed by atoms with E-state index in [-0.39, 0.29) is 18.2 Å². The van der Waals surface area contributed by atoms with Gasteiger partial charge in [-0.15, -0.1) is 0 Å². The summed E-state index contributed by atoms with van der Waals surface area (Å²) in [6, 6.07) is 7.65. The Kier molecular flexibility index (Phi) is 3.57. The van der Waals surface area contributed by atoms with Crippen molar-refractivity contribution in [2.24, 2.45) is 5.92 Å². The summed E-state index contributed by atoms with van der Waals surface area (Å²) in [5, 5.41) is -0.434. The molecule has 1 aliphatic heterocycles. The van der Waals surface area contributed by atoms with Gasteiger partial charge in [0.2, 0.25) is 11.1 Å². The lowest BCUT2D eigenvalue weighted by atomic mass is 10.1. The highest BCUT2D eigenvalue weighted by molar-refractivity contribution is 6.64. The molecule has 0 aliphatic carbocycles. The van der Waals surface area contributed by atoms with Crippen molar-refractivity contribution in [1.82, 2.24) is 0 Å². The second-order valence-corrected chi connectivity index (χ2v) is 4.99. The van der Waals surface area contributed by atoms with Crippen LogP contribution in [0.5, 0.6) is 0 Å². The third-order valence-corrected chi connectivity index (χ3v) is 3.43. The average molecular weight is 267 g/mol. The monoisotopic (exact) mass is 266 g/mol. The van der Waals surface area contributed by atoms with Gasteiger partial charge in [0.1, 0.15) is 0 Å². The van der Waals surface area contributed by atoms with Crippen LogP contribution in [0, 0.1) is 5.92 Å². The molecule has 0 radical (unpaired) electrons. The average Bonchev–Trinajstić information content (AvgIpc) is 2.71. The van der Waals surface area contributed by atoms with E-state index in [2.05, 4.69) is 0 Å². The van der Waals surface area contributed by atoms with Gasteiger partial charge in [-0.1, -0.05) is 0 Å². The summed E-state index contributed by atoms with van der Waals surface area (Å²) in [5.41, 5.74) is 1.88. The Morgan fingerprint density at radius 1 is 1.33 bits per heavy atom. The van der Waals surface area contributed by atoms with Gasteiger partial charge in [0.25, 0.3) is 0 Å². The standard InChI is InChI=1S/C13H15ClN2O2/c1-15(2)10-3-5-11(6-4-10)16-8-9(13(14)18)7-12(16)17/h3-6,9H,7-8H2,1-2H3/t9-/m1/s1. The normalized spacial score (nSPS) is 19.2. The maximum Gasteiger partial charge on any atom is 0.227 e. The largest absolute Gasteiger partial charge is 0.378 e. The van der Waals surface area contributed by atoms with Gasteiger partial charge in [-0.25, -0.2) is 0 Å². The number of halogens is 1. The lowest BCUT2D eigenvalue weighted by Gasteiger charge is -2.18. The Labute approximate surface area is 111 Å². The highest BCUT2D eigenvalue weighted by Crippen LogP contribution is 2.27. The molecule has 0 unspecified atom stereocenters. The van der Waals surface area contributed by atoms with Gasteiger partial charge in [-0.3, -0.25) is 9.59 Å². The molecular weight excluding hydrogens is 252 g/mol. The lowest BCUT2D eigenvalue weighted by molar-refractivity contribution is -0.120. The predicted octanol–water partition coefficient (Wildman–Crippen LogP) is 1.87. The summed E-state index contributed by atoms with van der Waals surface area (Å²) in [6.07, 6.45) is 0.206. The number of nitrogens with zero attached hydrogens (tertiary/aromatic N) is 2. The van der Waals surface area contributed by atoms with E-state index in [9.17, 15) is 9.59 Å². The van der Waals surface area contributed by atoms with Crippen molar-refractivity contribution >= 4 is 34.1 Å². The maximum absolute atomic E-state index is 11.8. The molecule has 1 aromatic carbocycles. The molecule has 1 amide bonds. The minimum atomic E-state index is -0.434. The van der Waals surface area contributed by atoms with Gasteiger partial charge in [0.05, 0.1) is 5.92 Å². The molecule has 0 aromatic heterocycles. The number of benzene rings is 1. The highest BCUT2D eigenvalue weighted by atomic mass is 35.5. The maximum atomic E-state index is 11.8. The van der Waals surface area contributed by atoms with E-state index in [1.807, 2.05) is 43.3 Å². The summed E-state index contributed by atoms with van der Waals surface area (Å²) < 4.78 is 0. The number of anilines is 2. The fourth-order valence-electron chi connectivity index (χ4n) is 2.04. The van der Waals surface area contributed by atoms with Crippen LogP contribution in [0.25, 0.3) is 0 Å². The summed E-state index contributed by atoms with van der Waals surface area (Å²) in [7, 11) is 3.91. The smallest absolute Gasteiger partial charge is 0.227 e. The Balaban J connectivity index is 2.17. The van der Waals surface area contributed by atoms with Crippen LogP contribution in [0.3, 0.4) is 0 Å². The first kappa shape index (κ1) is 12.9. The van der Waals surface area contributed by atoms with Crippen molar-refractivity contribution in [2.45, 2.75) is 6.42 Å². The first-order valence-electron chi connectivity index (χ1n) is 5.76. The Morgan fingerprint density at radius 3 is 2.39 bits per heavy atom. The molecule has 96 valence electrons. The molecule has 1 fully saturated rings. The van der Waals surface area contributed by atoms with Crippen molar-refractivity contribution in [3.8, 4) is 0 Å². The van der Waals surface area contributed by atoms with E-state index in [0.717, 1.165) is 11.4 Å². The molecule has 4 nitrogen and oxygen atoms in total. The van der Waals surface area contributed by atoms with Gasteiger partial charge in [-0.05, 0) is 35.9 Å². The van der Waals surface area contributed by atoms with Gasteiger partial charge >= 0.3 is 0 Å². The molecule has 1 aliphatic rings. The zero-order chi connectivity index (χ0) is 13.3. The van der Waals surface area contributed by atoms with Crippen molar-refractivity contribution in [3.05, 3.63) is 24.3 Å². The number of rotatable bonds is 3. The third-order valence-electron chi connectivity index (χ3n) is 3.12. The van der Waals surface area contributed by atoms with Crippen LogP contribution in [0.2, 0.25) is 0 Å². The van der Waals surface area contributed by atoms with E-state index in [1.54, 1.807) is 4.90 Å². The summed E-state index contributed by atoms with van der Waals surface area (Å²) in [6.45, 7) is 0.377. The molecule has 5 heteroatoms. The Hall–Kier alpha value is -1.55. The topological polar surface area (TPSA) is 40.6 Å². The van der Waals surface area contributed by atoms with E-state index >= 15 is 0 Å². The summed E-state index contributed by atoms with van der Waals surface area (Å²) in [4.78, 5) is 26.5. The molecule has 2 rings (SSSR count). The van der Waals surface area contributed by atoms with Gasteiger partial charge in [0.15, 0.2) is 0 Å². The molecule has 1 aromatic rings. The van der Waals surface area contributed by atoms with E-state index in [0.29, 0.717) is 6.54 Å². The number of carbonyl (C=O) groups is 2. The molecule has 1 heterocycles. The van der Waals surface area contributed by atoms with Gasteiger partial charge < -0.3 is 9.80 Å². The fraction of sp³-hybridized carbons (Fsp3) is 0.385. The molecule has 0 N–H and O–H groups in total. The van der Waals surface area contributed by atoms with E-state index in [4.69, 9.17) is 11.6 Å². The molecule has 1 atom stereocenters. The van der Waals surface area contributed by atoms with Crippen LogP contribution in [-0.4, -0.2) is 31.8 Å². The van der Waals surface area contributed by atoms with Crippen LogP contribution >= 0.6 is 11.6 Å². The minimum absolute atomic E-state index is 0.0494. The molecular formula is C13H15ClN2O2. The Morgan fingerprint density at radius 2 is 1.94 bits per heavy atom. The second-order valence-electron chi connectivity index (χ2n) is 4.62. The number of hydrogen-bond acceptors (Lipinski definition) is 3. The first-order valence-corrected chi connectivity index (χ1v) is 6.14. The quantitative estimate of drug-likeness (QED) is 0.785. The van der Waals surface area contributed by atoms with Gasteiger partial charge in [0, 0.05) is 38.4 Å². The molecule has 1 saturated heterocycles. The predicted molar refractivity (Wildman–Crippen MR) is 72.1 cm³/mol. The van der Waals surface area contributed by atoms with Crippen LogP contribution in [0.1, 0.15) is 6.42 Å². The van der Waals surface area contributed by atoms with E-state index in [1.165, 1.54) is 0 Å². The molecule has 18 heavy (non-hydrogen) atoms. The lowest BCUT2D eigenvalue weighted by Crippen LogP contribution is -2.25. The van der Waals surface area contributed by atoms with Crippen LogP contribution < -0.4 is 9.80 Å². The minimum Gasteiger partial charge on any atom is -0.378 e. The summed E-state index contributed by atoms with van der Waals surface area (Å²) in [5.74, 6) is -0.431. The van der Waals surface area contributed by atoms with Crippen LogP contribution in [0.4, 0.5) is 11.4 Å². The van der Waals surface area contributed by atoms with Crippen molar-refractivity contribution in [3.63, 3.8) is 0 Å². The Bertz CT molecular complexity index is 470. The third kappa shape index (κ3) is 2.48.